The molecule has 0 aliphatic rings. The molecule has 1 atom stereocenters. The van der Waals surface area contributed by atoms with E-state index in [9.17, 15) is 4.79 Å². The molecule has 1 unspecified atom stereocenters. The molecule has 4 rings (SSSR count). The van der Waals surface area contributed by atoms with Gasteiger partial charge in [-0.2, -0.15) is 5.10 Å². The second kappa shape index (κ2) is 9.30. The quantitative estimate of drug-likeness (QED) is 0.457. The Balaban J connectivity index is 1.53. The number of hydrogen-bond donors (Lipinski definition) is 1. The van der Waals surface area contributed by atoms with Crippen molar-refractivity contribution in [3.63, 3.8) is 0 Å². The highest BCUT2D eigenvalue weighted by molar-refractivity contribution is 5.81. The first-order chi connectivity index (χ1) is 15.5. The molecule has 4 aromatic rings. The van der Waals surface area contributed by atoms with Crippen LogP contribution in [0.15, 0.2) is 60.9 Å². The van der Waals surface area contributed by atoms with Crippen molar-refractivity contribution in [2.45, 2.75) is 52.6 Å². The Bertz CT molecular complexity index is 1180. The SMILES string of the molecule is Cc1nc2c(cnn2C(C)C)c(C)c1CCC(=O)NC(c1ccccc1)c1ccccn1. The Hall–Kier alpha value is -3.54. The minimum Gasteiger partial charge on any atom is -0.344 e. The molecule has 6 heteroatoms. The van der Waals surface area contributed by atoms with Gasteiger partial charge in [0.15, 0.2) is 5.65 Å². The first kappa shape index (κ1) is 21.7. The number of pyridine rings is 2. The third kappa shape index (κ3) is 4.40. The molecule has 0 bridgehead atoms. The molecule has 0 aliphatic carbocycles. The number of rotatable bonds is 7. The minimum absolute atomic E-state index is 0.0127. The number of hydrogen-bond acceptors (Lipinski definition) is 4. The zero-order valence-electron chi connectivity index (χ0n) is 19.0. The molecule has 0 aliphatic heterocycles. The molecule has 3 aromatic heterocycles. The number of fused-ring (bicyclic) bond motifs is 1. The molecule has 0 spiro atoms. The molecule has 1 aromatic carbocycles. The number of aromatic nitrogens is 4. The maximum absolute atomic E-state index is 13.0. The standard InChI is InChI=1S/C26H29N5O/c1-17(2)31-26-22(16-28-31)18(3)21(19(4)29-26)13-14-24(32)30-25(20-10-6-5-7-11-20)23-12-8-9-15-27-23/h5-12,15-17,25H,13-14H2,1-4H3,(H,30,32). The van der Waals surface area contributed by atoms with Crippen LogP contribution in [-0.4, -0.2) is 25.7 Å². The fraction of sp³-hybridized carbons (Fsp3) is 0.308. The van der Waals surface area contributed by atoms with E-state index in [2.05, 4.69) is 36.2 Å². The van der Waals surface area contributed by atoms with E-state index in [1.165, 1.54) is 0 Å². The van der Waals surface area contributed by atoms with Crippen LogP contribution in [0, 0.1) is 13.8 Å². The summed E-state index contributed by atoms with van der Waals surface area (Å²) in [5.41, 5.74) is 5.96. The van der Waals surface area contributed by atoms with Crippen molar-refractivity contribution >= 4 is 16.9 Å². The molecule has 1 N–H and O–H groups in total. The van der Waals surface area contributed by atoms with E-state index >= 15 is 0 Å². The van der Waals surface area contributed by atoms with E-state index in [1.807, 2.05) is 66.3 Å². The summed E-state index contributed by atoms with van der Waals surface area (Å²) in [6.45, 7) is 8.30. The maximum Gasteiger partial charge on any atom is 0.221 e. The number of carbonyl (C=O) groups is 1. The Morgan fingerprint density at radius 2 is 1.81 bits per heavy atom. The van der Waals surface area contributed by atoms with Crippen molar-refractivity contribution in [1.29, 1.82) is 0 Å². The van der Waals surface area contributed by atoms with Gasteiger partial charge in [-0.05, 0) is 62.9 Å². The van der Waals surface area contributed by atoms with Crippen LogP contribution >= 0.6 is 0 Å². The van der Waals surface area contributed by atoms with Crippen LogP contribution in [0.2, 0.25) is 0 Å². The van der Waals surface area contributed by atoms with E-state index < -0.39 is 0 Å². The van der Waals surface area contributed by atoms with Crippen molar-refractivity contribution in [2.75, 3.05) is 0 Å². The van der Waals surface area contributed by atoms with E-state index in [0.29, 0.717) is 12.8 Å². The highest BCUT2D eigenvalue weighted by Gasteiger charge is 2.19. The monoisotopic (exact) mass is 427 g/mol. The zero-order chi connectivity index (χ0) is 22.7. The van der Waals surface area contributed by atoms with Gasteiger partial charge in [0.25, 0.3) is 0 Å². The van der Waals surface area contributed by atoms with Crippen molar-refractivity contribution in [3.05, 3.63) is 89.0 Å². The van der Waals surface area contributed by atoms with Crippen molar-refractivity contribution in [2.24, 2.45) is 0 Å². The average Bonchev–Trinajstić information content (AvgIpc) is 3.23. The van der Waals surface area contributed by atoms with Gasteiger partial charge in [0.05, 0.1) is 17.9 Å². The van der Waals surface area contributed by atoms with Gasteiger partial charge >= 0.3 is 0 Å². The van der Waals surface area contributed by atoms with Gasteiger partial charge in [-0.25, -0.2) is 9.67 Å². The van der Waals surface area contributed by atoms with Crippen LogP contribution in [-0.2, 0) is 11.2 Å². The highest BCUT2D eigenvalue weighted by atomic mass is 16.1. The molecule has 0 saturated carbocycles. The lowest BCUT2D eigenvalue weighted by molar-refractivity contribution is -0.121. The van der Waals surface area contributed by atoms with Gasteiger partial charge in [-0.1, -0.05) is 36.4 Å². The van der Waals surface area contributed by atoms with Crippen LogP contribution in [0.5, 0.6) is 0 Å². The predicted octanol–water partition coefficient (Wildman–Crippen LogP) is 4.86. The first-order valence-corrected chi connectivity index (χ1v) is 11.0. The minimum atomic E-state index is -0.281. The van der Waals surface area contributed by atoms with Gasteiger partial charge in [0.1, 0.15) is 0 Å². The smallest absolute Gasteiger partial charge is 0.221 e. The number of nitrogens with one attached hydrogen (secondary N) is 1. The Morgan fingerprint density at radius 3 is 2.50 bits per heavy atom. The topological polar surface area (TPSA) is 72.7 Å². The summed E-state index contributed by atoms with van der Waals surface area (Å²) in [4.78, 5) is 22.3. The molecule has 0 radical (unpaired) electrons. The lowest BCUT2D eigenvalue weighted by atomic mass is 9.99. The summed E-state index contributed by atoms with van der Waals surface area (Å²) < 4.78 is 1.95. The molecule has 164 valence electrons. The predicted molar refractivity (Wildman–Crippen MR) is 126 cm³/mol. The summed E-state index contributed by atoms with van der Waals surface area (Å²) in [5.74, 6) is -0.0127. The summed E-state index contributed by atoms with van der Waals surface area (Å²) in [7, 11) is 0. The maximum atomic E-state index is 13.0. The van der Waals surface area contributed by atoms with Gasteiger partial charge in [0, 0.05) is 29.7 Å². The number of aryl methyl sites for hydroxylation is 2. The van der Waals surface area contributed by atoms with E-state index in [1.54, 1.807) is 6.20 Å². The fourth-order valence-electron chi connectivity index (χ4n) is 4.13. The second-order valence-corrected chi connectivity index (χ2v) is 8.39. The largest absolute Gasteiger partial charge is 0.344 e. The first-order valence-electron chi connectivity index (χ1n) is 11.0. The van der Waals surface area contributed by atoms with E-state index in [4.69, 9.17) is 4.98 Å². The average molecular weight is 428 g/mol. The fourth-order valence-corrected chi connectivity index (χ4v) is 4.13. The van der Waals surface area contributed by atoms with Gasteiger partial charge in [-0.15, -0.1) is 0 Å². The van der Waals surface area contributed by atoms with Crippen molar-refractivity contribution in [3.8, 4) is 0 Å². The molecule has 6 nitrogen and oxygen atoms in total. The van der Waals surface area contributed by atoms with E-state index in [-0.39, 0.29) is 18.0 Å². The van der Waals surface area contributed by atoms with Crippen LogP contribution in [0.25, 0.3) is 11.0 Å². The third-order valence-electron chi connectivity index (χ3n) is 5.85. The summed E-state index contributed by atoms with van der Waals surface area (Å²) in [5, 5.41) is 8.74. The summed E-state index contributed by atoms with van der Waals surface area (Å²) in [6.07, 6.45) is 4.64. The second-order valence-electron chi connectivity index (χ2n) is 8.39. The number of carbonyl (C=O) groups excluding carboxylic acids is 1. The van der Waals surface area contributed by atoms with Crippen molar-refractivity contribution < 1.29 is 4.79 Å². The summed E-state index contributed by atoms with van der Waals surface area (Å²) >= 11 is 0. The number of benzene rings is 1. The lowest BCUT2D eigenvalue weighted by Gasteiger charge is -2.19. The van der Waals surface area contributed by atoms with Crippen LogP contribution in [0.1, 0.15) is 60.4 Å². The molecule has 0 fully saturated rings. The normalized spacial score (nSPS) is 12.3. The Labute approximate surface area is 188 Å². The molecule has 1 amide bonds. The third-order valence-corrected chi connectivity index (χ3v) is 5.85. The zero-order valence-corrected chi connectivity index (χ0v) is 19.0. The Kier molecular flexibility index (Phi) is 6.30. The Morgan fingerprint density at radius 1 is 1.06 bits per heavy atom. The summed E-state index contributed by atoms with van der Waals surface area (Å²) in [6, 6.07) is 15.7. The van der Waals surface area contributed by atoms with Gasteiger partial charge in [-0.3, -0.25) is 9.78 Å². The van der Waals surface area contributed by atoms with Crippen LogP contribution in [0.4, 0.5) is 0 Å². The van der Waals surface area contributed by atoms with E-state index in [0.717, 1.165) is 39.1 Å². The lowest BCUT2D eigenvalue weighted by Crippen LogP contribution is -2.30. The van der Waals surface area contributed by atoms with Crippen LogP contribution in [0.3, 0.4) is 0 Å². The highest BCUT2D eigenvalue weighted by Crippen LogP contribution is 2.26. The van der Waals surface area contributed by atoms with Crippen LogP contribution < -0.4 is 5.32 Å². The van der Waals surface area contributed by atoms with Gasteiger partial charge < -0.3 is 5.32 Å². The molecular formula is C26H29N5O. The van der Waals surface area contributed by atoms with Gasteiger partial charge in [0.2, 0.25) is 5.91 Å². The molecule has 3 heterocycles. The molecule has 0 saturated heterocycles. The number of nitrogens with zero attached hydrogens (tertiary/aromatic N) is 4. The molecule has 32 heavy (non-hydrogen) atoms. The number of amides is 1. The molecular weight excluding hydrogens is 398 g/mol. The van der Waals surface area contributed by atoms with Crippen molar-refractivity contribution in [1.82, 2.24) is 25.1 Å².